The van der Waals surface area contributed by atoms with E-state index in [4.69, 9.17) is 9.68 Å². The fourth-order valence-corrected chi connectivity index (χ4v) is 4.79. The second-order valence-electron chi connectivity index (χ2n) is 8.71. The summed E-state index contributed by atoms with van der Waals surface area (Å²) in [5.41, 5.74) is 12.3. The number of rotatable bonds is 8. The monoisotopic (exact) mass is 466 g/mol. The van der Waals surface area contributed by atoms with Gasteiger partial charge in [-0.25, -0.2) is 9.59 Å². The molecule has 2 aliphatic rings. The molecular weight excluding hydrogens is 432 g/mol. The number of anilines is 2. The van der Waals surface area contributed by atoms with Gasteiger partial charge in [0.1, 0.15) is 0 Å². The van der Waals surface area contributed by atoms with Crippen molar-refractivity contribution in [1.29, 1.82) is 0 Å². The van der Waals surface area contributed by atoms with Gasteiger partial charge in [0.15, 0.2) is 0 Å². The number of nitrogens with one attached hydrogen (secondary N) is 2. The van der Waals surface area contributed by atoms with Crippen LogP contribution in [0.5, 0.6) is 0 Å². The molecule has 0 saturated heterocycles. The first-order valence-electron chi connectivity index (χ1n) is 12.2. The molecule has 4 rings (SSSR count). The third-order valence-corrected chi connectivity index (χ3v) is 6.53. The number of hydrogen-bond acceptors (Lipinski definition) is 8. The molecule has 0 aromatic heterocycles. The average Bonchev–Trinajstić information content (AvgIpc) is 2.87. The van der Waals surface area contributed by atoms with E-state index < -0.39 is 11.9 Å². The third-order valence-electron chi connectivity index (χ3n) is 6.53. The lowest BCUT2D eigenvalue weighted by atomic mass is 9.99. The van der Waals surface area contributed by atoms with Gasteiger partial charge in [0.2, 0.25) is 0 Å². The number of hydrogen-bond donors (Lipinski definition) is 2. The van der Waals surface area contributed by atoms with Gasteiger partial charge in [-0.3, -0.25) is 0 Å². The van der Waals surface area contributed by atoms with Crippen molar-refractivity contribution in [3.63, 3.8) is 0 Å². The first kappa shape index (κ1) is 24.0. The molecular formula is C26H34N4O4. The molecule has 0 bridgehead atoms. The smallest absolute Gasteiger partial charge is 0.372 e. The Morgan fingerprint density at radius 3 is 1.62 bits per heavy atom. The van der Waals surface area contributed by atoms with Crippen molar-refractivity contribution in [2.75, 3.05) is 36.0 Å². The standard InChI is InChI=1S/C26H34N4O4/c1-3-29-13-5-7-21-15-19(9-11-23(21)29)17-27-33-25(31)26(32)34-28-18-20-10-12-24-22(16-20)8-6-14-30(24)4-2/h9-12,15-16,27-28H,3-8,13-14,17-18H2,1-2H3. The first-order chi connectivity index (χ1) is 16.6. The molecule has 2 aliphatic heterocycles. The van der Waals surface area contributed by atoms with E-state index in [0.717, 1.165) is 63.0 Å². The Morgan fingerprint density at radius 2 is 1.21 bits per heavy atom. The highest BCUT2D eigenvalue weighted by atomic mass is 16.7. The van der Waals surface area contributed by atoms with Gasteiger partial charge < -0.3 is 19.5 Å². The fourth-order valence-electron chi connectivity index (χ4n) is 4.79. The zero-order valence-electron chi connectivity index (χ0n) is 20.1. The van der Waals surface area contributed by atoms with Crippen LogP contribution < -0.4 is 20.8 Å². The fraction of sp³-hybridized carbons (Fsp3) is 0.462. The van der Waals surface area contributed by atoms with E-state index in [1.165, 1.54) is 22.5 Å². The van der Waals surface area contributed by atoms with Crippen molar-refractivity contribution in [2.45, 2.75) is 52.6 Å². The Balaban J connectivity index is 1.20. The molecule has 0 aliphatic carbocycles. The van der Waals surface area contributed by atoms with Crippen molar-refractivity contribution in [3.8, 4) is 0 Å². The zero-order chi connectivity index (χ0) is 23.9. The van der Waals surface area contributed by atoms with Crippen LogP contribution in [0.15, 0.2) is 36.4 Å². The van der Waals surface area contributed by atoms with Crippen molar-refractivity contribution in [1.82, 2.24) is 11.0 Å². The molecule has 0 amide bonds. The van der Waals surface area contributed by atoms with Gasteiger partial charge >= 0.3 is 11.9 Å². The summed E-state index contributed by atoms with van der Waals surface area (Å²) in [7, 11) is 0. The molecule has 0 fully saturated rings. The highest BCUT2D eigenvalue weighted by Crippen LogP contribution is 2.28. The van der Waals surface area contributed by atoms with E-state index in [2.05, 4.69) is 58.9 Å². The SMILES string of the molecule is CCN1CCCc2cc(CNOC(=O)C(=O)ONCc3ccc4c(c3)CCCN4CC)ccc21. The molecule has 0 saturated carbocycles. The van der Waals surface area contributed by atoms with Crippen LogP contribution in [0.4, 0.5) is 11.4 Å². The van der Waals surface area contributed by atoms with Gasteiger partial charge in [-0.05, 0) is 73.9 Å². The number of aryl methyl sites for hydroxylation is 2. The summed E-state index contributed by atoms with van der Waals surface area (Å²) < 4.78 is 0. The lowest BCUT2D eigenvalue weighted by Gasteiger charge is -2.30. The third kappa shape index (κ3) is 5.69. The minimum absolute atomic E-state index is 0.315. The van der Waals surface area contributed by atoms with Gasteiger partial charge in [-0.1, -0.05) is 24.3 Å². The van der Waals surface area contributed by atoms with Crippen LogP contribution in [0.25, 0.3) is 0 Å². The van der Waals surface area contributed by atoms with Crippen LogP contribution in [0.2, 0.25) is 0 Å². The van der Waals surface area contributed by atoms with Crippen LogP contribution in [0, 0.1) is 0 Å². The zero-order valence-corrected chi connectivity index (χ0v) is 20.1. The Bertz CT molecular complexity index is 944. The van der Waals surface area contributed by atoms with Gasteiger partial charge in [0.25, 0.3) is 0 Å². The number of benzene rings is 2. The van der Waals surface area contributed by atoms with E-state index in [1.807, 2.05) is 12.1 Å². The Labute approximate surface area is 201 Å². The van der Waals surface area contributed by atoms with Crippen molar-refractivity contribution < 1.29 is 19.3 Å². The maximum Gasteiger partial charge on any atom is 0.437 e. The average molecular weight is 467 g/mol. The summed E-state index contributed by atoms with van der Waals surface area (Å²) >= 11 is 0. The molecule has 2 aromatic carbocycles. The summed E-state index contributed by atoms with van der Waals surface area (Å²) in [6, 6.07) is 12.5. The Hall–Kier alpha value is -3.10. The van der Waals surface area contributed by atoms with E-state index in [1.54, 1.807) is 0 Å². The normalized spacial score (nSPS) is 14.9. The molecule has 0 spiro atoms. The molecule has 182 valence electrons. The maximum absolute atomic E-state index is 11.9. The minimum atomic E-state index is -1.09. The molecule has 2 N–H and O–H groups in total. The van der Waals surface area contributed by atoms with Gasteiger partial charge in [-0.15, -0.1) is 11.0 Å². The van der Waals surface area contributed by atoms with Crippen LogP contribution in [-0.2, 0) is 45.2 Å². The Kier molecular flexibility index (Phi) is 8.03. The molecule has 2 heterocycles. The lowest BCUT2D eigenvalue weighted by molar-refractivity contribution is -0.177. The van der Waals surface area contributed by atoms with E-state index >= 15 is 0 Å². The predicted molar refractivity (Wildman–Crippen MR) is 131 cm³/mol. The van der Waals surface area contributed by atoms with Crippen LogP contribution >= 0.6 is 0 Å². The number of fused-ring (bicyclic) bond motifs is 2. The van der Waals surface area contributed by atoms with Crippen molar-refractivity contribution in [2.24, 2.45) is 0 Å². The largest absolute Gasteiger partial charge is 0.437 e. The van der Waals surface area contributed by atoms with Gasteiger partial charge in [0.05, 0.1) is 13.1 Å². The van der Waals surface area contributed by atoms with Crippen LogP contribution in [0.1, 0.15) is 48.9 Å². The lowest BCUT2D eigenvalue weighted by Crippen LogP contribution is -2.31. The molecule has 0 atom stereocenters. The summed E-state index contributed by atoms with van der Waals surface area (Å²) in [6.45, 7) is 9.09. The topological polar surface area (TPSA) is 83.1 Å². The molecule has 0 radical (unpaired) electrons. The molecule has 8 nitrogen and oxygen atoms in total. The van der Waals surface area contributed by atoms with E-state index in [-0.39, 0.29) is 0 Å². The van der Waals surface area contributed by atoms with E-state index in [0.29, 0.717) is 13.1 Å². The highest BCUT2D eigenvalue weighted by molar-refractivity contribution is 6.29. The summed E-state index contributed by atoms with van der Waals surface area (Å²) in [6.07, 6.45) is 4.35. The maximum atomic E-state index is 11.9. The predicted octanol–water partition coefficient (Wildman–Crippen LogP) is 3.03. The van der Waals surface area contributed by atoms with Crippen molar-refractivity contribution >= 4 is 23.3 Å². The van der Waals surface area contributed by atoms with Crippen molar-refractivity contribution in [3.05, 3.63) is 58.7 Å². The number of hydroxylamine groups is 2. The number of carbonyl (C=O) groups is 2. The second-order valence-corrected chi connectivity index (χ2v) is 8.71. The second kappa shape index (κ2) is 11.4. The summed E-state index contributed by atoms with van der Waals surface area (Å²) in [5, 5.41) is 0. The molecule has 2 aromatic rings. The van der Waals surface area contributed by atoms with Gasteiger partial charge in [-0.2, -0.15) is 0 Å². The van der Waals surface area contributed by atoms with E-state index in [9.17, 15) is 9.59 Å². The Morgan fingerprint density at radius 1 is 0.765 bits per heavy atom. The molecule has 0 unspecified atom stereocenters. The van der Waals surface area contributed by atoms with Gasteiger partial charge in [0, 0.05) is 37.6 Å². The number of carbonyl (C=O) groups excluding carboxylic acids is 2. The first-order valence-corrected chi connectivity index (χ1v) is 12.2. The van der Waals surface area contributed by atoms with Crippen LogP contribution in [-0.4, -0.2) is 38.1 Å². The summed E-state index contributed by atoms with van der Waals surface area (Å²) in [5.74, 6) is -2.18. The molecule has 8 heteroatoms. The molecule has 34 heavy (non-hydrogen) atoms. The highest BCUT2D eigenvalue weighted by Gasteiger charge is 2.20. The minimum Gasteiger partial charge on any atom is -0.372 e. The van der Waals surface area contributed by atoms with Crippen LogP contribution in [0.3, 0.4) is 0 Å². The number of nitrogens with zero attached hydrogens (tertiary/aromatic N) is 2. The quantitative estimate of drug-likeness (QED) is 0.454. The summed E-state index contributed by atoms with van der Waals surface area (Å²) in [4.78, 5) is 38.4.